The summed E-state index contributed by atoms with van der Waals surface area (Å²) in [5, 5.41) is 5.99. The van der Waals surface area contributed by atoms with Crippen LogP contribution in [0.3, 0.4) is 0 Å². The van der Waals surface area contributed by atoms with E-state index in [1.165, 1.54) is 33.4 Å². The van der Waals surface area contributed by atoms with Gasteiger partial charge in [-0.25, -0.2) is 9.98 Å². The Morgan fingerprint density at radius 3 is 2.33 bits per heavy atom. The van der Waals surface area contributed by atoms with Gasteiger partial charge in [0.25, 0.3) is 0 Å². The van der Waals surface area contributed by atoms with Gasteiger partial charge in [0.15, 0.2) is 0 Å². The first-order valence-corrected chi connectivity index (χ1v) is 15.0. The maximum Gasteiger partial charge on any atom is 0.219 e. The molecule has 0 radical (unpaired) electrons. The number of rotatable bonds is 0. The molecule has 4 aliphatic rings. The molecule has 4 heteroatoms. The number of aromatic nitrogens is 1. The van der Waals surface area contributed by atoms with Crippen LogP contribution in [-0.2, 0) is 17.3 Å². The van der Waals surface area contributed by atoms with Crippen molar-refractivity contribution in [3.63, 3.8) is 0 Å². The fraction of sp³-hybridized carbons (Fsp3) is 0.263. The van der Waals surface area contributed by atoms with Crippen molar-refractivity contribution in [1.82, 2.24) is 10.3 Å². The Balaban J connectivity index is 1.52. The summed E-state index contributed by atoms with van der Waals surface area (Å²) in [6.45, 7) is 13.7. The molecule has 0 unspecified atom stereocenters. The zero-order valence-electron chi connectivity index (χ0n) is 25.1. The molecular formula is C38H35N3O. The second-order valence-electron chi connectivity index (χ2n) is 14.0. The van der Waals surface area contributed by atoms with E-state index >= 15 is 0 Å². The predicted molar refractivity (Wildman–Crippen MR) is 170 cm³/mol. The molecule has 8 rings (SSSR count). The lowest BCUT2D eigenvalue weighted by atomic mass is 9.81. The fourth-order valence-corrected chi connectivity index (χ4v) is 6.49. The lowest BCUT2D eigenvalue weighted by Crippen LogP contribution is -2.35. The van der Waals surface area contributed by atoms with Crippen LogP contribution in [0.15, 0.2) is 83.4 Å². The van der Waals surface area contributed by atoms with Crippen molar-refractivity contribution in [2.75, 3.05) is 0 Å². The summed E-state index contributed by atoms with van der Waals surface area (Å²) < 4.78 is 6.42. The van der Waals surface area contributed by atoms with Gasteiger partial charge >= 0.3 is 0 Å². The maximum atomic E-state index is 6.42. The van der Waals surface area contributed by atoms with E-state index in [1.807, 2.05) is 12.1 Å². The molecular weight excluding hydrogens is 514 g/mol. The van der Waals surface area contributed by atoms with E-state index in [4.69, 9.17) is 14.7 Å². The molecule has 208 valence electrons. The highest BCUT2D eigenvalue weighted by Gasteiger charge is 2.28. The average Bonchev–Trinajstić information content (AvgIpc) is 3.33. The molecule has 0 spiro atoms. The van der Waals surface area contributed by atoms with E-state index in [0.717, 1.165) is 63.1 Å². The Bertz CT molecular complexity index is 2050. The Kier molecular flexibility index (Phi) is 5.14. The fourth-order valence-electron chi connectivity index (χ4n) is 6.49. The van der Waals surface area contributed by atoms with Gasteiger partial charge in [-0.1, -0.05) is 65.8 Å². The van der Waals surface area contributed by atoms with Crippen molar-refractivity contribution < 1.29 is 4.74 Å². The number of hydrogen-bond donors (Lipinski definition) is 1. The topological polar surface area (TPSA) is 46.5 Å². The van der Waals surface area contributed by atoms with Gasteiger partial charge in [-0.2, -0.15) is 0 Å². The molecule has 4 nitrogen and oxygen atoms in total. The summed E-state index contributed by atoms with van der Waals surface area (Å²) in [7, 11) is 0. The number of dihydropyridines is 1. The van der Waals surface area contributed by atoms with Crippen molar-refractivity contribution in [3.05, 3.63) is 111 Å². The molecule has 0 atom stereocenters. The predicted octanol–water partition coefficient (Wildman–Crippen LogP) is 8.01. The van der Waals surface area contributed by atoms with Gasteiger partial charge in [0.2, 0.25) is 5.88 Å². The van der Waals surface area contributed by atoms with Crippen LogP contribution in [0.25, 0.3) is 33.6 Å². The van der Waals surface area contributed by atoms with E-state index in [-0.39, 0.29) is 10.8 Å². The van der Waals surface area contributed by atoms with Gasteiger partial charge in [0.05, 0.1) is 22.4 Å². The van der Waals surface area contributed by atoms with Gasteiger partial charge in [0.1, 0.15) is 5.75 Å². The Morgan fingerprint density at radius 2 is 1.52 bits per heavy atom. The standard InChI is InChI=1S/C38H35N3O/c1-37(2,3)24-17-27-23-8-7-9-26(16-23)42-32-15-13-22-11-10-21-12-14-31(39-33(21)34(22)40-32)30-20-25(38(4,5)6)19-29-28(18-24)35(27)41-36(29)30/h7-9,12-20,39H,10-11H2,1-6H3. The van der Waals surface area contributed by atoms with Gasteiger partial charge in [-0.15, -0.1) is 0 Å². The van der Waals surface area contributed by atoms with Crippen molar-refractivity contribution in [2.45, 2.75) is 65.2 Å². The van der Waals surface area contributed by atoms with Gasteiger partial charge < -0.3 is 10.1 Å². The number of aryl methyl sites for hydroxylation is 1. The number of pyridine rings is 1. The van der Waals surface area contributed by atoms with Gasteiger partial charge in [0, 0.05) is 33.7 Å². The minimum atomic E-state index is -0.0275. The van der Waals surface area contributed by atoms with E-state index in [0.29, 0.717) is 5.88 Å². The van der Waals surface area contributed by atoms with Crippen molar-refractivity contribution >= 4 is 17.1 Å². The van der Waals surface area contributed by atoms with Crippen LogP contribution in [0.4, 0.5) is 5.69 Å². The number of allylic oxidation sites excluding steroid dienone is 2. The van der Waals surface area contributed by atoms with E-state index in [2.05, 4.69) is 108 Å². The summed E-state index contributed by atoms with van der Waals surface area (Å²) in [6.07, 6.45) is 6.45. The smallest absolute Gasteiger partial charge is 0.219 e. The third-order valence-corrected chi connectivity index (χ3v) is 9.01. The molecule has 3 aliphatic heterocycles. The molecule has 1 aliphatic carbocycles. The molecule has 0 amide bonds. The summed E-state index contributed by atoms with van der Waals surface area (Å²) in [5.74, 6) is 1.37. The summed E-state index contributed by atoms with van der Waals surface area (Å²) >= 11 is 0. The Hall–Kier alpha value is -4.44. The highest BCUT2D eigenvalue weighted by atomic mass is 16.5. The normalized spacial score (nSPS) is 16.0. The molecule has 42 heavy (non-hydrogen) atoms. The first kappa shape index (κ1) is 25.3. The van der Waals surface area contributed by atoms with Crippen LogP contribution < -0.4 is 20.6 Å². The average molecular weight is 550 g/mol. The van der Waals surface area contributed by atoms with E-state index in [9.17, 15) is 0 Å². The molecule has 1 aromatic heterocycles. The quantitative estimate of drug-likeness (QED) is 0.213. The van der Waals surface area contributed by atoms with Crippen molar-refractivity contribution in [2.24, 2.45) is 4.99 Å². The number of fused-ring (bicyclic) bond motifs is 6. The number of nitrogens with zero attached hydrogens (tertiary/aromatic N) is 2. The third-order valence-electron chi connectivity index (χ3n) is 9.01. The zero-order valence-corrected chi connectivity index (χ0v) is 25.1. The van der Waals surface area contributed by atoms with E-state index < -0.39 is 0 Å². The monoisotopic (exact) mass is 549 g/mol. The van der Waals surface area contributed by atoms with Crippen LogP contribution in [0.2, 0.25) is 0 Å². The molecule has 0 saturated carbocycles. The lowest BCUT2D eigenvalue weighted by Gasteiger charge is -2.27. The molecule has 3 aromatic carbocycles. The number of hydrogen-bond acceptors (Lipinski definition) is 4. The van der Waals surface area contributed by atoms with E-state index in [1.54, 1.807) is 0 Å². The first-order valence-electron chi connectivity index (χ1n) is 15.0. The SMILES string of the molecule is CC(C)(C)c1cc2c3c(c1)-c1cc(C(C)(C)C)cc(c1=N3)=C1C=CC3=C(N1)c1nc(ccc1CC3)Oc1cccc-2c1. The second kappa shape index (κ2) is 8.54. The third kappa shape index (κ3) is 3.88. The van der Waals surface area contributed by atoms with Crippen molar-refractivity contribution in [3.8, 4) is 33.9 Å². The Morgan fingerprint density at radius 1 is 0.762 bits per heavy atom. The molecule has 1 N–H and O–H groups in total. The molecule has 4 heterocycles. The van der Waals surface area contributed by atoms with Crippen LogP contribution in [-0.4, -0.2) is 4.98 Å². The summed E-state index contributed by atoms with van der Waals surface area (Å²) in [4.78, 5) is 10.5. The van der Waals surface area contributed by atoms with Crippen LogP contribution in [0.1, 0.15) is 70.3 Å². The minimum absolute atomic E-state index is 0.0270. The largest absolute Gasteiger partial charge is 0.439 e. The highest BCUT2D eigenvalue weighted by molar-refractivity contribution is 5.93. The minimum Gasteiger partial charge on any atom is -0.439 e. The van der Waals surface area contributed by atoms with Crippen molar-refractivity contribution in [1.29, 1.82) is 0 Å². The number of benzene rings is 3. The van der Waals surface area contributed by atoms with Gasteiger partial charge in [-0.05, 0) is 94.0 Å². The summed E-state index contributed by atoms with van der Waals surface area (Å²) in [5.41, 5.74) is 13.8. The number of ether oxygens (including phenoxy) is 1. The van der Waals surface area contributed by atoms with Gasteiger partial charge in [-0.3, -0.25) is 0 Å². The number of nitrogens with one attached hydrogen (secondary N) is 1. The first-order chi connectivity index (χ1) is 20.0. The molecule has 8 bridgehead atoms. The summed E-state index contributed by atoms with van der Waals surface area (Å²) in [6, 6.07) is 21.9. The van der Waals surface area contributed by atoms with Crippen LogP contribution in [0, 0.1) is 0 Å². The maximum absolute atomic E-state index is 6.42. The molecule has 0 fully saturated rings. The lowest BCUT2D eigenvalue weighted by molar-refractivity contribution is 0.462. The Labute approximate surface area is 247 Å². The van der Waals surface area contributed by atoms with Crippen LogP contribution in [0.5, 0.6) is 11.6 Å². The second-order valence-corrected chi connectivity index (χ2v) is 14.0. The van der Waals surface area contributed by atoms with Crippen LogP contribution >= 0.6 is 0 Å². The zero-order chi connectivity index (χ0) is 29.0. The highest BCUT2D eigenvalue weighted by Crippen LogP contribution is 2.45. The molecule has 4 aromatic rings. The molecule has 0 saturated heterocycles.